The number of rotatable bonds is 6. The molecule has 0 radical (unpaired) electrons. The van der Waals surface area contributed by atoms with Crippen molar-refractivity contribution >= 4 is 20.1 Å². The van der Waals surface area contributed by atoms with E-state index in [9.17, 15) is 43.2 Å². The minimum Gasteiger partial charge on any atom is -0.282 e. The van der Waals surface area contributed by atoms with Crippen molar-refractivity contribution in [2.24, 2.45) is 0 Å². The number of sulfonamides is 1. The van der Waals surface area contributed by atoms with Crippen LogP contribution in [0, 0.1) is 0 Å². The summed E-state index contributed by atoms with van der Waals surface area (Å²) in [6, 6.07) is 5.51. The second-order valence-electron chi connectivity index (χ2n) is 5.90. The molecule has 2 N–H and O–H groups in total. The minimum absolute atomic E-state index is 0.519. The van der Waals surface area contributed by atoms with Gasteiger partial charge in [-0.1, -0.05) is 24.3 Å². The highest BCUT2D eigenvalue weighted by atomic mass is 32.2. The summed E-state index contributed by atoms with van der Waals surface area (Å²) < 4.78 is 137. The van der Waals surface area contributed by atoms with E-state index in [1.54, 1.807) is 4.72 Å². The summed E-state index contributed by atoms with van der Waals surface area (Å²) >= 11 is 0. The smallest absolute Gasteiger partial charge is 0.282 e. The Hall–Kier alpha value is -2.16. The van der Waals surface area contributed by atoms with Crippen molar-refractivity contribution in [3.8, 4) is 0 Å². The molecule has 0 atom stereocenters. The van der Waals surface area contributed by atoms with Crippen molar-refractivity contribution < 1.29 is 47.7 Å². The van der Waals surface area contributed by atoms with Crippen molar-refractivity contribution in [1.82, 2.24) is 4.72 Å². The highest BCUT2D eigenvalue weighted by molar-refractivity contribution is 7.89. The van der Waals surface area contributed by atoms with Crippen LogP contribution in [0.4, 0.5) is 26.3 Å². The van der Waals surface area contributed by atoms with Gasteiger partial charge in [-0.2, -0.15) is 34.8 Å². The van der Waals surface area contributed by atoms with Crippen LogP contribution in [-0.4, -0.2) is 27.9 Å². The van der Waals surface area contributed by atoms with E-state index in [2.05, 4.69) is 0 Å². The molecule has 0 saturated carbocycles. The average molecular weight is 477 g/mol. The molecular weight excluding hydrogens is 464 g/mol. The number of halogens is 6. The first-order valence-corrected chi connectivity index (χ1v) is 10.8. The van der Waals surface area contributed by atoms with Crippen molar-refractivity contribution in [3.05, 3.63) is 59.2 Å². The van der Waals surface area contributed by atoms with Gasteiger partial charge in [-0.05, 0) is 30.2 Å². The van der Waals surface area contributed by atoms with Crippen LogP contribution in [0.3, 0.4) is 0 Å². The normalized spacial score (nSPS) is 13.4. The highest BCUT2D eigenvalue weighted by Gasteiger charge is 2.39. The van der Waals surface area contributed by atoms with Crippen LogP contribution in [0.1, 0.15) is 16.7 Å². The molecule has 2 aromatic rings. The van der Waals surface area contributed by atoms with Crippen LogP contribution < -0.4 is 4.72 Å². The van der Waals surface area contributed by atoms with Crippen LogP contribution in [0.15, 0.2) is 52.3 Å². The summed E-state index contributed by atoms with van der Waals surface area (Å²) in [7, 11) is -9.99. The Morgan fingerprint density at radius 1 is 0.800 bits per heavy atom. The average Bonchev–Trinajstić information content (AvgIpc) is 2.59. The van der Waals surface area contributed by atoms with Crippen molar-refractivity contribution in [1.29, 1.82) is 0 Å². The summed E-state index contributed by atoms with van der Waals surface area (Å²) in [5.41, 5.74) is -3.83. The molecule has 0 aliphatic rings. The molecule has 0 heterocycles. The topological polar surface area (TPSA) is 101 Å². The second kappa shape index (κ2) is 8.17. The van der Waals surface area contributed by atoms with E-state index >= 15 is 0 Å². The lowest BCUT2D eigenvalue weighted by atomic mass is 10.0. The molecule has 0 unspecified atom stereocenters. The molecule has 0 spiro atoms. The maximum absolute atomic E-state index is 13.3. The van der Waals surface area contributed by atoms with Crippen molar-refractivity contribution in [2.75, 3.05) is 6.54 Å². The van der Waals surface area contributed by atoms with E-state index in [1.807, 2.05) is 0 Å². The third-order valence-corrected chi connectivity index (χ3v) is 6.26. The predicted octanol–water partition coefficient (Wildman–Crippen LogP) is 3.49. The third-order valence-electron chi connectivity index (χ3n) is 3.84. The zero-order chi connectivity index (χ0) is 23.0. The Kier molecular flexibility index (Phi) is 6.57. The molecule has 14 heteroatoms. The summed E-state index contributed by atoms with van der Waals surface area (Å²) in [4.78, 5) is -2.53. The highest BCUT2D eigenvalue weighted by Crippen LogP contribution is 2.37. The van der Waals surface area contributed by atoms with Crippen LogP contribution in [-0.2, 0) is 38.9 Å². The van der Waals surface area contributed by atoms with E-state index in [1.165, 1.54) is 0 Å². The van der Waals surface area contributed by atoms with E-state index in [0.29, 0.717) is 18.2 Å². The van der Waals surface area contributed by atoms with Crippen LogP contribution in [0.5, 0.6) is 0 Å². The fourth-order valence-electron chi connectivity index (χ4n) is 2.65. The molecule has 30 heavy (non-hydrogen) atoms. The Balaban J connectivity index is 2.35. The van der Waals surface area contributed by atoms with Gasteiger partial charge >= 0.3 is 12.4 Å². The monoisotopic (exact) mass is 477 g/mol. The maximum atomic E-state index is 13.3. The fraction of sp³-hybridized carbons (Fsp3) is 0.250. The zero-order valence-corrected chi connectivity index (χ0v) is 16.3. The molecule has 2 aromatic carbocycles. The summed E-state index contributed by atoms with van der Waals surface area (Å²) in [5, 5.41) is 0. The lowest BCUT2D eigenvalue weighted by Gasteiger charge is -2.17. The Morgan fingerprint density at radius 3 is 1.90 bits per heavy atom. The quantitative estimate of drug-likeness (QED) is 0.490. The molecule has 2 rings (SSSR count). The molecule has 6 nitrogen and oxygen atoms in total. The summed E-state index contributed by atoms with van der Waals surface area (Å²) in [5.74, 6) is 0. The lowest BCUT2D eigenvalue weighted by molar-refractivity contribution is -0.141. The molecule has 0 fully saturated rings. The molecular formula is C16H13F6NO5S2. The van der Waals surface area contributed by atoms with Gasteiger partial charge in [0.15, 0.2) is 0 Å². The summed E-state index contributed by atoms with van der Waals surface area (Å²) in [6.45, 7) is -0.771. The van der Waals surface area contributed by atoms with Gasteiger partial charge in [-0.3, -0.25) is 4.55 Å². The van der Waals surface area contributed by atoms with E-state index in [-0.39, 0.29) is 0 Å². The van der Waals surface area contributed by atoms with Gasteiger partial charge in [0.1, 0.15) is 4.90 Å². The van der Waals surface area contributed by atoms with E-state index in [4.69, 9.17) is 4.55 Å². The van der Waals surface area contributed by atoms with Gasteiger partial charge in [-0.15, -0.1) is 0 Å². The van der Waals surface area contributed by atoms with Crippen LogP contribution >= 0.6 is 0 Å². The Bertz CT molecular complexity index is 1140. The molecule has 166 valence electrons. The number of nitrogens with one attached hydrogen (secondary N) is 1. The van der Waals surface area contributed by atoms with Crippen molar-refractivity contribution in [3.63, 3.8) is 0 Å². The number of benzene rings is 2. The molecule has 0 aromatic heterocycles. The standard InChI is InChI=1S/C16H13F6NO5S2/c17-15(18,19)11-5-1-2-6-12(11)29(24,25)23-9-8-10-4-3-7-13(30(26,27)28)14(10)16(20,21)22/h1-7,23H,8-9H2,(H,26,27,28). The van der Waals surface area contributed by atoms with Gasteiger partial charge < -0.3 is 0 Å². The van der Waals surface area contributed by atoms with E-state index in [0.717, 1.165) is 24.3 Å². The first kappa shape index (κ1) is 24.1. The van der Waals surface area contributed by atoms with Gasteiger partial charge in [-0.25, -0.2) is 13.1 Å². The van der Waals surface area contributed by atoms with Gasteiger partial charge in [0.05, 0.1) is 16.0 Å². The van der Waals surface area contributed by atoms with Crippen molar-refractivity contribution in [2.45, 2.75) is 28.6 Å². The molecule has 0 aliphatic carbocycles. The summed E-state index contributed by atoms with van der Waals surface area (Å²) in [6.07, 6.45) is -10.9. The fourth-order valence-corrected chi connectivity index (χ4v) is 4.67. The maximum Gasteiger partial charge on any atom is 0.418 e. The second-order valence-corrected chi connectivity index (χ2v) is 9.03. The Labute approximate surface area is 167 Å². The number of alkyl halides is 6. The predicted molar refractivity (Wildman–Crippen MR) is 91.6 cm³/mol. The SMILES string of the molecule is O=S(=O)(O)c1cccc(CCNS(=O)(=O)c2ccccc2C(F)(F)F)c1C(F)(F)F. The van der Waals surface area contributed by atoms with Gasteiger partial charge in [0.25, 0.3) is 10.1 Å². The molecule has 0 amide bonds. The number of hydrogen-bond acceptors (Lipinski definition) is 4. The van der Waals surface area contributed by atoms with Crippen LogP contribution in [0.25, 0.3) is 0 Å². The van der Waals surface area contributed by atoms with Gasteiger partial charge in [0.2, 0.25) is 10.0 Å². The van der Waals surface area contributed by atoms with Crippen LogP contribution in [0.2, 0.25) is 0 Å². The first-order valence-electron chi connectivity index (χ1n) is 7.87. The molecule has 0 saturated heterocycles. The third kappa shape index (κ3) is 5.50. The minimum atomic E-state index is -5.24. The zero-order valence-electron chi connectivity index (χ0n) is 14.6. The Morgan fingerprint density at radius 2 is 1.37 bits per heavy atom. The van der Waals surface area contributed by atoms with Gasteiger partial charge in [0, 0.05) is 6.54 Å². The molecule has 0 bridgehead atoms. The van der Waals surface area contributed by atoms with E-state index < -0.39 is 71.9 Å². The first-order chi connectivity index (χ1) is 13.5. The molecule has 0 aliphatic heterocycles. The number of hydrogen-bond donors (Lipinski definition) is 2. The lowest BCUT2D eigenvalue weighted by Crippen LogP contribution is -2.29. The largest absolute Gasteiger partial charge is 0.418 e.